The van der Waals surface area contributed by atoms with E-state index in [9.17, 15) is 13.6 Å². The van der Waals surface area contributed by atoms with E-state index in [1.807, 2.05) is 0 Å². The number of carbonyl (C=O) groups is 1. The molecule has 0 aliphatic heterocycles. The Bertz CT molecular complexity index is 514. The van der Waals surface area contributed by atoms with Crippen LogP contribution in [0.4, 0.5) is 14.5 Å². The second-order valence-electron chi connectivity index (χ2n) is 4.99. The van der Waals surface area contributed by atoms with Gasteiger partial charge in [0.15, 0.2) is 11.6 Å². The third-order valence-electron chi connectivity index (χ3n) is 3.77. The molecule has 1 saturated carbocycles. The monoisotopic (exact) mass is 320 g/mol. The quantitative estimate of drug-likeness (QED) is 0.896. The Hall–Kier alpha value is -1.40. The van der Waals surface area contributed by atoms with Crippen LogP contribution in [0.15, 0.2) is 12.1 Å². The SMILES string of the molecule is COc1c(F)cc(F)cc1NC(=O)[C@@H]1CCC[C@@H]1CN.Cl. The van der Waals surface area contributed by atoms with Gasteiger partial charge in [0, 0.05) is 18.1 Å². The Morgan fingerprint density at radius 1 is 1.43 bits per heavy atom. The van der Waals surface area contributed by atoms with Crippen molar-refractivity contribution >= 4 is 24.0 Å². The molecule has 0 radical (unpaired) electrons. The predicted molar refractivity (Wildman–Crippen MR) is 78.7 cm³/mol. The molecule has 0 spiro atoms. The van der Waals surface area contributed by atoms with Crippen molar-refractivity contribution in [1.82, 2.24) is 0 Å². The first-order valence-electron chi connectivity index (χ1n) is 6.60. The molecule has 1 aromatic rings. The first-order valence-corrected chi connectivity index (χ1v) is 6.60. The molecule has 0 unspecified atom stereocenters. The number of carbonyl (C=O) groups excluding carboxylic acids is 1. The van der Waals surface area contributed by atoms with Crippen molar-refractivity contribution in [2.75, 3.05) is 19.0 Å². The average Bonchev–Trinajstić information content (AvgIpc) is 2.86. The second-order valence-corrected chi connectivity index (χ2v) is 4.99. The molecule has 1 aliphatic rings. The number of nitrogens with one attached hydrogen (secondary N) is 1. The molecule has 118 valence electrons. The van der Waals surface area contributed by atoms with Gasteiger partial charge in [0.05, 0.1) is 12.8 Å². The van der Waals surface area contributed by atoms with Gasteiger partial charge < -0.3 is 15.8 Å². The van der Waals surface area contributed by atoms with Crippen molar-refractivity contribution in [2.45, 2.75) is 19.3 Å². The van der Waals surface area contributed by atoms with Gasteiger partial charge in [-0.25, -0.2) is 8.78 Å². The molecule has 21 heavy (non-hydrogen) atoms. The van der Waals surface area contributed by atoms with Gasteiger partial charge in [0.25, 0.3) is 0 Å². The zero-order valence-corrected chi connectivity index (χ0v) is 12.5. The van der Waals surface area contributed by atoms with Gasteiger partial charge in [-0.2, -0.15) is 0 Å². The van der Waals surface area contributed by atoms with Gasteiger partial charge in [0.2, 0.25) is 5.91 Å². The minimum atomic E-state index is -0.843. The number of amides is 1. The van der Waals surface area contributed by atoms with Gasteiger partial charge in [-0.15, -0.1) is 12.4 Å². The van der Waals surface area contributed by atoms with Gasteiger partial charge in [0.1, 0.15) is 5.82 Å². The van der Waals surface area contributed by atoms with Crippen LogP contribution < -0.4 is 15.8 Å². The molecule has 0 saturated heterocycles. The molecule has 0 heterocycles. The van der Waals surface area contributed by atoms with E-state index in [-0.39, 0.29) is 41.6 Å². The number of hydrogen-bond acceptors (Lipinski definition) is 3. The third kappa shape index (κ3) is 3.83. The Labute approximate surface area is 128 Å². The van der Waals surface area contributed by atoms with Crippen molar-refractivity contribution < 1.29 is 18.3 Å². The van der Waals surface area contributed by atoms with Crippen molar-refractivity contribution in [1.29, 1.82) is 0 Å². The summed E-state index contributed by atoms with van der Waals surface area (Å²) in [5.41, 5.74) is 5.65. The normalized spacial score (nSPS) is 20.8. The number of hydrogen-bond donors (Lipinski definition) is 2. The van der Waals surface area contributed by atoms with Crippen LogP contribution in [0, 0.1) is 23.5 Å². The van der Waals surface area contributed by atoms with E-state index in [0.29, 0.717) is 12.6 Å². The molecule has 0 bridgehead atoms. The van der Waals surface area contributed by atoms with E-state index in [4.69, 9.17) is 10.5 Å². The molecule has 2 atom stereocenters. The van der Waals surface area contributed by atoms with E-state index in [1.54, 1.807) is 0 Å². The number of benzene rings is 1. The van der Waals surface area contributed by atoms with Crippen LogP contribution in [0.1, 0.15) is 19.3 Å². The minimum Gasteiger partial charge on any atom is -0.492 e. The fraction of sp³-hybridized carbons (Fsp3) is 0.500. The zero-order chi connectivity index (χ0) is 14.7. The smallest absolute Gasteiger partial charge is 0.227 e. The highest BCUT2D eigenvalue weighted by Crippen LogP contribution is 2.34. The lowest BCUT2D eigenvalue weighted by Gasteiger charge is -2.18. The summed E-state index contributed by atoms with van der Waals surface area (Å²) in [5, 5.41) is 2.55. The van der Waals surface area contributed by atoms with E-state index in [2.05, 4.69) is 5.32 Å². The van der Waals surface area contributed by atoms with Crippen LogP contribution >= 0.6 is 12.4 Å². The minimum absolute atomic E-state index is 0. The highest BCUT2D eigenvalue weighted by Gasteiger charge is 2.32. The average molecular weight is 321 g/mol. The van der Waals surface area contributed by atoms with Gasteiger partial charge >= 0.3 is 0 Å². The van der Waals surface area contributed by atoms with Gasteiger partial charge in [-0.3, -0.25) is 4.79 Å². The van der Waals surface area contributed by atoms with E-state index < -0.39 is 11.6 Å². The summed E-state index contributed by atoms with van der Waals surface area (Å²) in [5.74, 6) is -2.12. The lowest BCUT2D eigenvalue weighted by atomic mass is 9.95. The summed E-state index contributed by atoms with van der Waals surface area (Å²) in [7, 11) is 1.27. The van der Waals surface area contributed by atoms with Crippen molar-refractivity contribution in [3.63, 3.8) is 0 Å². The van der Waals surface area contributed by atoms with Crippen LogP contribution in [0.2, 0.25) is 0 Å². The second kappa shape index (κ2) is 7.56. The topological polar surface area (TPSA) is 64.3 Å². The van der Waals surface area contributed by atoms with Crippen LogP contribution in [-0.2, 0) is 4.79 Å². The van der Waals surface area contributed by atoms with Gasteiger partial charge in [-0.05, 0) is 25.3 Å². The zero-order valence-electron chi connectivity index (χ0n) is 11.7. The fourth-order valence-electron chi connectivity index (χ4n) is 2.75. The van der Waals surface area contributed by atoms with E-state index in [0.717, 1.165) is 25.3 Å². The molecule has 1 fully saturated rings. The Morgan fingerprint density at radius 2 is 2.14 bits per heavy atom. The molecule has 1 aromatic carbocycles. The first-order chi connectivity index (χ1) is 9.56. The number of halogens is 3. The Morgan fingerprint density at radius 3 is 2.76 bits per heavy atom. The van der Waals surface area contributed by atoms with Crippen LogP contribution in [0.5, 0.6) is 5.75 Å². The lowest BCUT2D eigenvalue weighted by molar-refractivity contribution is -0.120. The molecule has 0 aromatic heterocycles. The van der Waals surface area contributed by atoms with Crippen molar-refractivity contribution in [3.8, 4) is 5.75 Å². The molecule has 1 amide bonds. The molecule has 2 rings (SSSR count). The lowest BCUT2D eigenvalue weighted by Crippen LogP contribution is -2.30. The van der Waals surface area contributed by atoms with Crippen LogP contribution in [-0.4, -0.2) is 19.6 Å². The summed E-state index contributed by atoms with van der Waals surface area (Å²) in [6, 6.07) is 1.76. The molecule has 4 nitrogen and oxygen atoms in total. The third-order valence-corrected chi connectivity index (χ3v) is 3.77. The molecular weight excluding hydrogens is 302 g/mol. The highest BCUT2D eigenvalue weighted by atomic mass is 35.5. The number of rotatable bonds is 4. The van der Waals surface area contributed by atoms with Crippen LogP contribution in [0.3, 0.4) is 0 Å². The molecule has 3 N–H and O–H groups in total. The predicted octanol–water partition coefficient (Wildman–Crippen LogP) is 2.71. The van der Waals surface area contributed by atoms with Crippen molar-refractivity contribution in [2.24, 2.45) is 17.6 Å². The van der Waals surface area contributed by atoms with Gasteiger partial charge in [-0.1, -0.05) is 6.42 Å². The summed E-state index contributed by atoms with van der Waals surface area (Å²) >= 11 is 0. The molecular formula is C14H19ClF2N2O2. The maximum absolute atomic E-state index is 13.5. The maximum Gasteiger partial charge on any atom is 0.227 e. The number of ether oxygens (including phenoxy) is 1. The number of nitrogens with two attached hydrogens (primary N) is 1. The summed E-state index contributed by atoms with van der Waals surface area (Å²) in [4.78, 5) is 12.2. The Balaban J connectivity index is 0.00000220. The maximum atomic E-state index is 13.5. The Kier molecular flexibility index (Phi) is 6.36. The molecule has 1 aliphatic carbocycles. The highest BCUT2D eigenvalue weighted by molar-refractivity contribution is 5.94. The van der Waals surface area contributed by atoms with Crippen LogP contribution in [0.25, 0.3) is 0 Å². The first kappa shape index (κ1) is 17.7. The van der Waals surface area contributed by atoms with E-state index in [1.165, 1.54) is 7.11 Å². The van der Waals surface area contributed by atoms with Crippen molar-refractivity contribution in [3.05, 3.63) is 23.8 Å². The standard InChI is InChI=1S/C14H18F2N2O2.ClH/c1-20-13-11(16)5-9(15)6-12(13)18-14(19)10-4-2-3-8(10)7-17;/h5-6,8,10H,2-4,7,17H2,1H3,(H,18,19);1H/t8-,10-;/m1./s1. The number of anilines is 1. The summed E-state index contributed by atoms with van der Waals surface area (Å²) in [6.45, 7) is 0.437. The summed E-state index contributed by atoms with van der Waals surface area (Å²) < 4.78 is 31.7. The van der Waals surface area contributed by atoms with E-state index >= 15 is 0 Å². The fourth-order valence-corrected chi connectivity index (χ4v) is 2.75. The summed E-state index contributed by atoms with van der Waals surface area (Å²) in [6.07, 6.45) is 2.59. The molecule has 7 heteroatoms. The number of methoxy groups -OCH3 is 1. The largest absolute Gasteiger partial charge is 0.492 e.